The van der Waals surface area contributed by atoms with Gasteiger partial charge in [0.15, 0.2) is 17.5 Å². The summed E-state index contributed by atoms with van der Waals surface area (Å²) in [4.78, 5) is 4.54. The van der Waals surface area contributed by atoms with E-state index in [9.17, 15) is 0 Å². The summed E-state index contributed by atoms with van der Waals surface area (Å²) in [6, 6.07) is 9.53. The van der Waals surface area contributed by atoms with Crippen molar-refractivity contribution in [2.45, 2.75) is 20.3 Å². The molecule has 7 heteroatoms. The lowest BCUT2D eigenvalue weighted by molar-refractivity contribution is 0.311. The summed E-state index contributed by atoms with van der Waals surface area (Å²) in [6.45, 7) is 9.62. The van der Waals surface area contributed by atoms with Crippen LogP contribution in [0, 0.1) is 0 Å². The molecule has 0 atom stereocenters. The predicted octanol–water partition coefficient (Wildman–Crippen LogP) is 4.48. The lowest BCUT2D eigenvalue weighted by Gasteiger charge is -2.15. The molecule has 1 heterocycles. The fourth-order valence-electron chi connectivity index (χ4n) is 2.27. The Morgan fingerprint density at radius 2 is 2.07 bits per heavy atom. The van der Waals surface area contributed by atoms with Crippen molar-refractivity contribution in [2.75, 3.05) is 32.1 Å². The Labute approximate surface area is 178 Å². The molecule has 0 aliphatic carbocycles. The zero-order valence-electron chi connectivity index (χ0n) is 16.1. The topological polar surface area (TPSA) is 68.0 Å². The molecule has 0 aliphatic heterocycles. The zero-order chi connectivity index (χ0) is 18.8. The van der Waals surface area contributed by atoms with Gasteiger partial charge in [0.1, 0.15) is 5.76 Å². The van der Waals surface area contributed by atoms with Crippen LogP contribution in [0.3, 0.4) is 0 Å². The van der Waals surface area contributed by atoms with E-state index in [0.717, 1.165) is 23.4 Å². The molecule has 0 fully saturated rings. The van der Waals surface area contributed by atoms with Gasteiger partial charge < -0.3 is 24.5 Å². The van der Waals surface area contributed by atoms with Crippen LogP contribution in [0.25, 0.3) is 0 Å². The van der Waals surface area contributed by atoms with Gasteiger partial charge in [0.2, 0.25) is 0 Å². The Balaban J connectivity index is 0.00000364. The summed E-state index contributed by atoms with van der Waals surface area (Å²) in [6.07, 6.45) is 2.45. The second kappa shape index (κ2) is 12.3. The van der Waals surface area contributed by atoms with Gasteiger partial charge >= 0.3 is 0 Å². The fourth-order valence-corrected chi connectivity index (χ4v) is 2.27. The Hall–Kier alpha value is -2.16. The molecule has 0 radical (unpaired) electrons. The van der Waals surface area contributed by atoms with Crippen LogP contribution >= 0.6 is 24.0 Å². The van der Waals surface area contributed by atoms with Gasteiger partial charge in [-0.2, -0.15) is 0 Å². The van der Waals surface area contributed by atoms with E-state index in [1.165, 1.54) is 0 Å². The van der Waals surface area contributed by atoms with Crippen LogP contribution in [0.15, 0.2) is 58.2 Å². The highest BCUT2D eigenvalue weighted by Crippen LogP contribution is 2.30. The molecule has 0 saturated carbocycles. The van der Waals surface area contributed by atoms with Gasteiger partial charge in [-0.1, -0.05) is 12.2 Å². The van der Waals surface area contributed by atoms with Crippen LogP contribution in [0.4, 0.5) is 5.69 Å². The third kappa shape index (κ3) is 7.94. The minimum atomic E-state index is 0. The number of ether oxygens (including phenoxy) is 2. The highest BCUT2D eigenvalue weighted by molar-refractivity contribution is 14.0. The van der Waals surface area contributed by atoms with Gasteiger partial charge in [-0.05, 0) is 38.1 Å². The van der Waals surface area contributed by atoms with Crippen molar-refractivity contribution < 1.29 is 13.9 Å². The Morgan fingerprint density at radius 1 is 1.26 bits per heavy atom. The SMILES string of the molecule is C=C(C)CN=C(NCCc1ccco1)Nc1ccc(OCC)c(OC)c1.I. The van der Waals surface area contributed by atoms with E-state index in [-0.39, 0.29) is 24.0 Å². The second-order valence-corrected chi connectivity index (χ2v) is 5.80. The van der Waals surface area contributed by atoms with Crippen LogP contribution in [0.2, 0.25) is 0 Å². The summed E-state index contributed by atoms with van der Waals surface area (Å²) >= 11 is 0. The number of benzene rings is 1. The van der Waals surface area contributed by atoms with Gasteiger partial charge in [-0.25, -0.2) is 4.99 Å². The molecule has 1 aromatic heterocycles. The van der Waals surface area contributed by atoms with Gasteiger partial charge in [0.05, 0.1) is 26.5 Å². The lowest BCUT2D eigenvalue weighted by atomic mass is 10.2. The zero-order valence-corrected chi connectivity index (χ0v) is 18.4. The van der Waals surface area contributed by atoms with Crippen LogP contribution in [0.5, 0.6) is 11.5 Å². The van der Waals surface area contributed by atoms with Gasteiger partial charge in [-0.15, -0.1) is 24.0 Å². The molecule has 0 aliphatic rings. The van der Waals surface area contributed by atoms with E-state index in [1.807, 2.05) is 44.2 Å². The first-order valence-corrected chi connectivity index (χ1v) is 8.65. The summed E-state index contributed by atoms with van der Waals surface area (Å²) in [5.41, 5.74) is 1.85. The number of furan rings is 1. The normalized spacial score (nSPS) is 10.7. The molecule has 1 aromatic carbocycles. The second-order valence-electron chi connectivity index (χ2n) is 5.80. The number of nitrogens with one attached hydrogen (secondary N) is 2. The molecule has 2 rings (SSSR count). The largest absolute Gasteiger partial charge is 0.493 e. The van der Waals surface area contributed by atoms with E-state index >= 15 is 0 Å². The van der Waals surface area contributed by atoms with Crippen LogP contribution < -0.4 is 20.1 Å². The monoisotopic (exact) mass is 485 g/mol. The van der Waals surface area contributed by atoms with Gasteiger partial charge in [0.25, 0.3) is 0 Å². The first-order chi connectivity index (χ1) is 12.6. The van der Waals surface area contributed by atoms with E-state index in [2.05, 4.69) is 22.2 Å². The lowest BCUT2D eigenvalue weighted by Crippen LogP contribution is -2.32. The van der Waals surface area contributed by atoms with Crippen molar-refractivity contribution in [3.8, 4) is 11.5 Å². The van der Waals surface area contributed by atoms with E-state index in [1.54, 1.807) is 13.4 Å². The van der Waals surface area contributed by atoms with E-state index < -0.39 is 0 Å². The minimum Gasteiger partial charge on any atom is -0.493 e. The van der Waals surface area contributed by atoms with Crippen LogP contribution in [0.1, 0.15) is 19.6 Å². The highest BCUT2D eigenvalue weighted by atomic mass is 127. The first kappa shape index (κ1) is 22.9. The summed E-state index contributed by atoms with van der Waals surface area (Å²) in [5.74, 6) is 2.99. The van der Waals surface area contributed by atoms with Crippen LogP contribution in [-0.2, 0) is 6.42 Å². The maximum absolute atomic E-state index is 5.55. The number of hydrogen-bond donors (Lipinski definition) is 2. The molecule has 148 valence electrons. The number of aliphatic imine (C=N–C) groups is 1. The summed E-state index contributed by atoms with van der Waals surface area (Å²) < 4.78 is 16.3. The molecule has 6 nitrogen and oxygen atoms in total. The average molecular weight is 485 g/mol. The first-order valence-electron chi connectivity index (χ1n) is 8.65. The van der Waals surface area contributed by atoms with Crippen molar-refractivity contribution in [3.63, 3.8) is 0 Å². The van der Waals surface area contributed by atoms with Crippen molar-refractivity contribution in [3.05, 3.63) is 54.5 Å². The molecular weight excluding hydrogens is 457 g/mol. The fraction of sp³-hybridized carbons (Fsp3) is 0.350. The van der Waals surface area contributed by atoms with Crippen molar-refractivity contribution in [1.29, 1.82) is 0 Å². The Morgan fingerprint density at radius 3 is 2.70 bits per heavy atom. The molecule has 0 saturated heterocycles. The van der Waals surface area contributed by atoms with E-state index in [0.29, 0.717) is 37.2 Å². The number of halogens is 1. The average Bonchev–Trinajstić information content (AvgIpc) is 3.14. The third-order valence-corrected chi connectivity index (χ3v) is 3.48. The number of rotatable bonds is 9. The third-order valence-electron chi connectivity index (χ3n) is 3.48. The smallest absolute Gasteiger partial charge is 0.196 e. The van der Waals surface area contributed by atoms with Crippen molar-refractivity contribution >= 4 is 35.6 Å². The maximum Gasteiger partial charge on any atom is 0.196 e. The number of anilines is 1. The quantitative estimate of drug-likeness (QED) is 0.237. The molecule has 2 aromatic rings. The van der Waals surface area contributed by atoms with E-state index in [4.69, 9.17) is 13.9 Å². The number of hydrogen-bond acceptors (Lipinski definition) is 4. The minimum absolute atomic E-state index is 0. The maximum atomic E-state index is 5.55. The molecule has 0 unspecified atom stereocenters. The Bertz CT molecular complexity index is 730. The number of nitrogens with zero attached hydrogens (tertiary/aromatic N) is 1. The summed E-state index contributed by atoms with van der Waals surface area (Å²) in [5, 5.41) is 6.59. The predicted molar refractivity (Wildman–Crippen MR) is 121 cm³/mol. The molecule has 2 N–H and O–H groups in total. The Kier molecular flexibility index (Phi) is 10.4. The molecule has 0 amide bonds. The van der Waals surface area contributed by atoms with Gasteiger partial charge in [0, 0.05) is 24.7 Å². The van der Waals surface area contributed by atoms with Crippen LogP contribution in [-0.4, -0.2) is 32.8 Å². The molecule has 0 bridgehead atoms. The highest BCUT2D eigenvalue weighted by Gasteiger charge is 2.07. The van der Waals surface area contributed by atoms with Gasteiger partial charge in [-0.3, -0.25) is 0 Å². The van der Waals surface area contributed by atoms with Crippen molar-refractivity contribution in [1.82, 2.24) is 5.32 Å². The number of methoxy groups -OCH3 is 1. The molecular formula is C20H28IN3O3. The standard InChI is InChI=1S/C20H27N3O3.HI/c1-5-25-18-9-8-16(13-19(18)24-4)23-20(22-14-15(2)3)21-11-10-17-7-6-12-26-17;/h6-9,12-13H,2,5,10-11,14H2,1,3-4H3,(H2,21,22,23);1H. The molecule has 27 heavy (non-hydrogen) atoms. The van der Waals surface area contributed by atoms with Crippen molar-refractivity contribution in [2.24, 2.45) is 4.99 Å². The number of guanidine groups is 1. The summed E-state index contributed by atoms with van der Waals surface area (Å²) in [7, 11) is 1.62. The molecule has 0 spiro atoms.